The number of rotatable bonds is 5. The Kier molecular flexibility index (Phi) is 4.97. The fraction of sp³-hybridized carbons (Fsp3) is 0.263. The van der Waals surface area contributed by atoms with Crippen LogP contribution in [0.15, 0.2) is 47.3 Å². The molecule has 2 heterocycles. The van der Waals surface area contributed by atoms with Crippen molar-refractivity contribution in [1.29, 1.82) is 0 Å². The molecule has 0 saturated heterocycles. The Hall–Kier alpha value is -3.22. The van der Waals surface area contributed by atoms with E-state index in [2.05, 4.69) is 20.6 Å². The number of nitrogens with one attached hydrogen (secondary N) is 2. The molecule has 3 aromatic rings. The van der Waals surface area contributed by atoms with Gasteiger partial charge in [0.15, 0.2) is 0 Å². The molecule has 0 radical (unpaired) electrons. The van der Waals surface area contributed by atoms with Crippen molar-refractivity contribution in [3.8, 4) is 11.3 Å². The Morgan fingerprint density at radius 1 is 1.23 bits per heavy atom. The minimum absolute atomic E-state index is 0.0322. The zero-order valence-electron chi connectivity index (χ0n) is 15.0. The monoisotopic (exact) mass is 351 g/mol. The van der Waals surface area contributed by atoms with Gasteiger partial charge in [-0.3, -0.25) is 14.7 Å². The van der Waals surface area contributed by atoms with Crippen LogP contribution < -0.4 is 10.9 Å². The normalized spacial score (nSPS) is 12.0. The smallest absolute Gasteiger partial charge is 0.266 e. The molecule has 0 saturated carbocycles. The molecule has 7 nitrogen and oxygen atoms in total. The van der Waals surface area contributed by atoms with Crippen molar-refractivity contribution >= 4 is 5.91 Å². The number of amides is 1. The number of hydrogen-bond donors (Lipinski definition) is 2. The van der Waals surface area contributed by atoms with Crippen LogP contribution in [0.5, 0.6) is 0 Å². The van der Waals surface area contributed by atoms with Crippen molar-refractivity contribution in [2.75, 3.05) is 0 Å². The fourth-order valence-corrected chi connectivity index (χ4v) is 2.70. The number of nitrogens with zero attached hydrogens (tertiary/aromatic N) is 3. The maximum Gasteiger partial charge on any atom is 0.266 e. The summed E-state index contributed by atoms with van der Waals surface area (Å²) in [6, 6.07) is 12.2. The Bertz CT molecular complexity index is 972. The molecule has 134 valence electrons. The van der Waals surface area contributed by atoms with E-state index in [1.807, 2.05) is 32.0 Å². The van der Waals surface area contributed by atoms with Gasteiger partial charge in [0.2, 0.25) is 0 Å². The molecular formula is C19H21N5O2. The maximum atomic E-state index is 12.4. The predicted molar refractivity (Wildman–Crippen MR) is 98.9 cm³/mol. The lowest BCUT2D eigenvalue weighted by atomic mass is 10.1. The van der Waals surface area contributed by atoms with E-state index < -0.39 is 0 Å². The number of aromatic amines is 1. The van der Waals surface area contributed by atoms with E-state index in [1.54, 1.807) is 25.2 Å². The number of H-pyrrole nitrogens is 1. The molecule has 0 spiro atoms. The van der Waals surface area contributed by atoms with Gasteiger partial charge in [-0.15, -0.1) is 0 Å². The largest absolute Gasteiger partial charge is 0.349 e. The van der Waals surface area contributed by atoms with E-state index in [9.17, 15) is 9.59 Å². The van der Waals surface area contributed by atoms with Gasteiger partial charge in [0, 0.05) is 42.4 Å². The van der Waals surface area contributed by atoms with Crippen LogP contribution in [0.1, 0.15) is 28.7 Å². The average Bonchev–Trinajstić information content (AvgIpc) is 3.02. The third kappa shape index (κ3) is 4.05. The van der Waals surface area contributed by atoms with Crippen molar-refractivity contribution in [2.24, 2.45) is 7.05 Å². The van der Waals surface area contributed by atoms with Gasteiger partial charge in [0.1, 0.15) is 0 Å². The van der Waals surface area contributed by atoms with Crippen LogP contribution in [0.4, 0.5) is 0 Å². The van der Waals surface area contributed by atoms with E-state index in [-0.39, 0.29) is 17.5 Å². The highest BCUT2D eigenvalue weighted by Crippen LogP contribution is 2.16. The molecule has 2 aromatic heterocycles. The number of hydrogen-bond acceptors (Lipinski definition) is 4. The van der Waals surface area contributed by atoms with Crippen LogP contribution in [0.3, 0.4) is 0 Å². The highest BCUT2D eigenvalue weighted by atomic mass is 16.1. The zero-order chi connectivity index (χ0) is 18.7. The highest BCUT2D eigenvalue weighted by Gasteiger charge is 2.12. The van der Waals surface area contributed by atoms with E-state index in [0.717, 1.165) is 17.0 Å². The van der Waals surface area contributed by atoms with Crippen molar-refractivity contribution in [2.45, 2.75) is 26.3 Å². The summed E-state index contributed by atoms with van der Waals surface area (Å²) in [5.74, 6) is -0.135. The van der Waals surface area contributed by atoms with E-state index >= 15 is 0 Å². The third-order valence-electron chi connectivity index (χ3n) is 4.06. The van der Waals surface area contributed by atoms with Gasteiger partial charge < -0.3 is 5.32 Å². The SMILES string of the molecule is Cc1cc(CC(C)NC(=O)c2ccc(-c3ccc(=O)n(C)n3)cc2)n[nH]1. The van der Waals surface area contributed by atoms with E-state index in [1.165, 1.54) is 10.7 Å². The van der Waals surface area contributed by atoms with Crippen LogP contribution >= 0.6 is 0 Å². The Morgan fingerprint density at radius 2 is 1.96 bits per heavy atom. The van der Waals surface area contributed by atoms with Crippen LogP contribution in [-0.4, -0.2) is 31.9 Å². The summed E-state index contributed by atoms with van der Waals surface area (Å²) < 4.78 is 1.29. The lowest BCUT2D eigenvalue weighted by Gasteiger charge is -2.13. The molecule has 0 fully saturated rings. The lowest BCUT2D eigenvalue weighted by molar-refractivity contribution is 0.0940. The minimum Gasteiger partial charge on any atom is -0.349 e. The molecule has 1 unspecified atom stereocenters. The van der Waals surface area contributed by atoms with Gasteiger partial charge >= 0.3 is 0 Å². The van der Waals surface area contributed by atoms with Gasteiger partial charge in [0.05, 0.1) is 11.4 Å². The molecule has 2 N–H and O–H groups in total. The Labute approximate surface area is 151 Å². The second kappa shape index (κ2) is 7.35. The molecule has 1 aromatic carbocycles. The summed E-state index contributed by atoms with van der Waals surface area (Å²) in [6.07, 6.45) is 0.663. The van der Waals surface area contributed by atoms with E-state index in [0.29, 0.717) is 17.7 Å². The first-order valence-corrected chi connectivity index (χ1v) is 8.39. The molecule has 0 aliphatic carbocycles. The molecule has 3 rings (SSSR count). The first-order valence-electron chi connectivity index (χ1n) is 8.39. The van der Waals surface area contributed by atoms with Crippen LogP contribution in [0, 0.1) is 6.92 Å². The molecule has 0 bridgehead atoms. The summed E-state index contributed by atoms with van der Waals surface area (Å²) in [7, 11) is 1.61. The highest BCUT2D eigenvalue weighted by molar-refractivity contribution is 5.94. The quantitative estimate of drug-likeness (QED) is 0.733. The van der Waals surface area contributed by atoms with Crippen molar-refractivity contribution < 1.29 is 4.79 Å². The number of aromatic nitrogens is 4. The van der Waals surface area contributed by atoms with Gasteiger partial charge in [0.25, 0.3) is 11.5 Å². The molecule has 0 aliphatic rings. The first kappa shape index (κ1) is 17.6. The van der Waals surface area contributed by atoms with Crippen LogP contribution in [0.25, 0.3) is 11.3 Å². The summed E-state index contributed by atoms with van der Waals surface area (Å²) in [4.78, 5) is 23.8. The summed E-state index contributed by atoms with van der Waals surface area (Å²) in [5.41, 5.74) is 3.86. The summed E-state index contributed by atoms with van der Waals surface area (Å²) >= 11 is 0. The maximum absolute atomic E-state index is 12.4. The summed E-state index contributed by atoms with van der Waals surface area (Å²) in [6.45, 7) is 3.89. The number of carbonyl (C=O) groups is 1. The fourth-order valence-electron chi connectivity index (χ4n) is 2.70. The second-order valence-corrected chi connectivity index (χ2v) is 6.38. The van der Waals surface area contributed by atoms with Gasteiger partial charge in [-0.1, -0.05) is 12.1 Å². The summed E-state index contributed by atoms with van der Waals surface area (Å²) in [5, 5.41) is 14.3. The van der Waals surface area contributed by atoms with Crippen LogP contribution in [-0.2, 0) is 13.5 Å². The van der Waals surface area contributed by atoms with E-state index in [4.69, 9.17) is 0 Å². The number of aryl methyl sites for hydroxylation is 2. The molecule has 0 aliphatic heterocycles. The first-order chi connectivity index (χ1) is 12.4. The van der Waals surface area contributed by atoms with Gasteiger partial charge in [-0.2, -0.15) is 10.2 Å². The average molecular weight is 351 g/mol. The number of carbonyl (C=O) groups excluding carboxylic acids is 1. The van der Waals surface area contributed by atoms with Crippen molar-refractivity contribution in [3.05, 3.63) is 69.8 Å². The molecule has 1 atom stereocenters. The van der Waals surface area contributed by atoms with Gasteiger partial charge in [-0.25, -0.2) is 4.68 Å². The number of benzene rings is 1. The van der Waals surface area contributed by atoms with Crippen LogP contribution in [0.2, 0.25) is 0 Å². The zero-order valence-corrected chi connectivity index (χ0v) is 15.0. The molecular weight excluding hydrogens is 330 g/mol. The second-order valence-electron chi connectivity index (χ2n) is 6.38. The van der Waals surface area contributed by atoms with Gasteiger partial charge in [-0.05, 0) is 38.1 Å². The topological polar surface area (TPSA) is 92.7 Å². The molecule has 26 heavy (non-hydrogen) atoms. The van der Waals surface area contributed by atoms with Crippen molar-refractivity contribution in [1.82, 2.24) is 25.3 Å². The molecule has 7 heteroatoms. The standard InChI is InChI=1S/C19H21N5O2/c1-12(10-16-11-13(2)21-22-16)20-19(26)15-6-4-14(5-7-15)17-8-9-18(25)24(3)23-17/h4-9,11-12H,10H2,1-3H3,(H,20,26)(H,21,22). The lowest BCUT2D eigenvalue weighted by Crippen LogP contribution is -2.34. The van der Waals surface area contributed by atoms with Crippen molar-refractivity contribution in [3.63, 3.8) is 0 Å². The third-order valence-corrected chi connectivity index (χ3v) is 4.06. The Balaban J connectivity index is 1.66. The minimum atomic E-state index is -0.161. The Morgan fingerprint density at radius 3 is 2.58 bits per heavy atom. The predicted octanol–water partition coefficient (Wildman–Crippen LogP) is 1.84. The molecule has 1 amide bonds.